The summed E-state index contributed by atoms with van der Waals surface area (Å²) in [6, 6.07) is 7.87. The second kappa shape index (κ2) is 8.08. The molecule has 0 saturated carbocycles. The molecular weight excluding hydrogens is 292 g/mol. The second-order valence-electron chi connectivity index (χ2n) is 6.30. The van der Waals surface area contributed by atoms with Crippen molar-refractivity contribution in [3.05, 3.63) is 35.4 Å². The van der Waals surface area contributed by atoms with Crippen LogP contribution in [0.1, 0.15) is 18.1 Å². The quantitative estimate of drug-likeness (QED) is 0.525. The summed E-state index contributed by atoms with van der Waals surface area (Å²) >= 11 is 0. The summed E-state index contributed by atoms with van der Waals surface area (Å²) < 4.78 is 0. The number of carbonyl (C=O) groups excluding carboxylic acids is 2. The average Bonchev–Trinajstić information content (AvgIpc) is 2.56. The Balaban J connectivity index is 1.82. The van der Waals surface area contributed by atoms with E-state index in [0.717, 1.165) is 32.7 Å². The summed E-state index contributed by atoms with van der Waals surface area (Å²) in [6.45, 7) is 9.07. The average molecular weight is 320 g/mol. The number of carbonyl (C=O) groups is 2. The van der Waals surface area contributed by atoms with Crippen LogP contribution in [-0.2, 0) is 11.3 Å². The molecule has 0 bridgehead atoms. The van der Waals surface area contributed by atoms with E-state index in [2.05, 4.69) is 41.8 Å². The maximum atomic E-state index is 12.0. The summed E-state index contributed by atoms with van der Waals surface area (Å²) in [4.78, 5) is 26.1. The minimum absolute atomic E-state index is 0.202. The largest absolute Gasteiger partial charge is 0.341 e. The standard InChI is InChI=1S/C17H26N4O2/c1-13-6-4-5-7-15(13)12-20-8-10-21(11-9-20)14(2)16(22)19-17(23)18-3/h4-7,14H,8-12H2,1-3H3,(H2,18,19,22,23)/p+2/t14-/m0/s1. The highest BCUT2D eigenvalue weighted by molar-refractivity contribution is 5.96. The van der Waals surface area contributed by atoms with E-state index in [1.54, 1.807) is 4.90 Å². The number of imide groups is 1. The Bertz CT molecular complexity index is 553. The minimum atomic E-state index is -0.440. The lowest BCUT2D eigenvalue weighted by atomic mass is 10.1. The molecule has 1 aliphatic rings. The zero-order valence-corrected chi connectivity index (χ0v) is 14.2. The summed E-state index contributed by atoms with van der Waals surface area (Å²) in [6.07, 6.45) is 0. The van der Waals surface area contributed by atoms with Crippen molar-refractivity contribution in [2.75, 3.05) is 33.2 Å². The fourth-order valence-corrected chi connectivity index (χ4v) is 3.08. The lowest BCUT2D eigenvalue weighted by Gasteiger charge is -2.32. The molecular formula is C17H28N4O2+2. The number of piperazine rings is 1. The number of nitrogens with one attached hydrogen (secondary N) is 4. The molecule has 1 aliphatic heterocycles. The molecule has 1 saturated heterocycles. The van der Waals surface area contributed by atoms with Crippen molar-refractivity contribution in [2.24, 2.45) is 0 Å². The lowest BCUT2D eigenvalue weighted by molar-refractivity contribution is -1.02. The van der Waals surface area contributed by atoms with Crippen molar-refractivity contribution in [3.63, 3.8) is 0 Å². The van der Waals surface area contributed by atoms with Gasteiger partial charge < -0.3 is 15.1 Å². The van der Waals surface area contributed by atoms with E-state index in [1.807, 2.05) is 6.92 Å². The smallest absolute Gasteiger partial charge is 0.321 e. The van der Waals surface area contributed by atoms with Crippen LogP contribution in [0.15, 0.2) is 24.3 Å². The Morgan fingerprint density at radius 2 is 1.83 bits per heavy atom. The molecule has 1 aromatic carbocycles. The van der Waals surface area contributed by atoms with Crippen LogP contribution in [0.4, 0.5) is 4.79 Å². The number of hydrogen-bond acceptors (Lipinski definition) is 2. The fraction of sp³-hybridized carbons (Fsp3) is 0.529. The molecule has 0 aliphatic carbocycles. The van der Waals surface area contributed by atoms with E-state index in [1.165, 1.54) is 23.1 Å². The minimum Gasteiger partial charge on any atom is -0.341 e. The van der Waals surface area contributed by atoms with Crippen LogP contribution >= 0.6 is 0 Å². The van der Waals surface area contributed by atoms with E-state index < -0.39 is 6.03 Å². The highest BCUT2D eigenvalue weighted by atomic mass is 16.2. The van der Waals surface area contributed by atoms with E-state index >= 15 is 0 Å². The summed E-state index contributed by atoms with van der Waals surface area (Å²) in [5.74, 6) is -0.207. The first-order valence-corrected chi connectivity index (χ1v) is 8.26. The van der Waals surface area contributed by atoms with E-state index in [9.17, 15) is 9.59 Å². The van der Waals surface area contributed by atoms with Gasteiger partial charge in [0.2, 0.25) is 0 Å². The number of benzene rings is 1. The van der Waals surface area contributed by atoms with Gasteiger partial charge in [-0.3, -0.25) is 10.1 Å². The van der Waals surface area contributed by atoms with E-state index in [4.69, 9.17) is 0 Å². The van der Waals surface area contributed by atoms with Gasteiger partial charge in [-0.25, -0.2) is 4.79 Å². The third-order valence-corrected chi connectivity index (χ3v) is 4.77. The number of quaternary nitrogens is 2. The van der Waals surface area contributed by atoms with Crippen molar-refractivity contribution >= 4 is 11.9 Å². The van der Waals surface area contributed by atoms with Crippen molar-refractivity contribution in [3.8, 4) is 0 Å². The first kappa shape index (κ1) is 17.4. The van der Waals surface area contributed by atoms with Gasteiger partial charge in [-0.2, -0.15) is 0 Å². The molecule has 6 nitrogen and oxygen atoms in total. The number of amides is 3. The number of urea groups is 1. The molecule has 1 atom stereocenters. The highest BCUT2D eigenvalue weighted by Gasteiger charge is 2.31. The van der Waals surface area contributed by atoms with Crippen molar-refractivity contribution in [1.82, 2.24) is 10.6 Å². The maximum Gasteiger partial charge on any atom is 0.321 e. The van der Waals surface area contributed by atoms with Gasteiger partial charge in [-0.15, -0.1) is 0 Å². The predicted molar refractivity (Wildman–Crippen MR) is 88.3 cm³/mol. The predicted octanol–water partition coefficient (Wildman–Crippen LogP) is -1.88. The Labute approximate surface area is 137 Å². The van der Waals surface area contributed by atoms with Crippen molar-refractivity contribution in [2.45, 2.75) is 26.4 Å². The maximum absolute atomic E-state index is 12.0. The molecule has 6 heteroatoms. The zero-order chi connectivity index (χ0) is 16.8. The van der Waals surface area contributed by atoms with Gasteiger partial charge in [-0.1, -0.05) is 24.3 Å². The molecule has 1 fully saturated rings. The van der Waals surface area contributed by atoms with E-state index in [0.29, 0.717) is 0 Å². The van der Waals surface area contributed by atoms with Gasteiger partial charge in [0, 0.05) is 12.6 Å². The molecule has 0 aromatic heterocycles. The number of aryl methyl sites for hydroxylation is 1. The lowest BCUT2D eigenvalue weighted by Crippen LogP contribution is -3.29. The molecule has 0 radical (unpaired) electrons. The van der Waals surface area contributed by atoms with Gasteiger partial charge in [0.25, 0.3) is 5.91 Å². The van der Waals surface area contributed by atoms with Crippen LogP contribution in [-0.4, -0.2) is 51.2 Å². The molecule has 0 spiro atoms. The molecule has 23 heavy (non-hydrogen) atoms. The van der Waals surface area contributed by atoms with Gasteiger partial charge in [-0.05, 0) is 19.4 Å². The zero-order valence-electron chi connectivity index (χ0n) is 14.2. The summed E-state index contributed by atoms with van der Waals surface area (Å²) in [7, 11) is 1.51. The highest BCUT2D eigenvalue weighted by Crippen LogP contribution is 2.04. The first-order chi connectivity index (χ1) is 11.0. The summed E-state index contributed by atoms with van der Waals surface area (Å²) in [5, 5.41) is 4.78. The monoisotopic (exact) mass is 320 g/mol. The van der Waals surface area contributed by atoms with Gasteiger partial charge in [0.1, 0.15) is 32.7 Å². The first-order valence-electron chi connectivity index (χ1n) is 8.26. The third kappa shape index (κ3) is 4.77. The molecule has 1 aromatic rings. The normalized spacial score (nSPS) is 22.2. The van der Waals surface area contributed by atoms with Gasteiger partial charge >= 0.3 is 6.03 Å². The molecule has 3 amide bonds. The SMILES string of the molecule is CNC(=O)NC(=O)[C@H](C)[NH+]1CC[NH+](Cc2ccccc2C)CC1. The van der Waals surface area contributed by atoms with Crippen LogP contribution in [0.3, 0.4) is 0 Å². The molecule has 0 unspecified atom stereocenters. The van der Waals surface area contributed by atoms with Crippen LogP contribution in [0, 0.1) is 6.92 Å². The topological polar surface area (TPSA) is 67.1 Å². The summed E-state index contributed by atoms with van der Waals surface area (Å²) in [5.41, 5.74) is 2.74. The molecule has 2 rings (SSSR count). The number of rotatable bonds is 4. The van der Waals surface area contributed by atoms with Crippen molar-refractivity contribution in [1.29, 1.82) is 0 Å². The van der Waals surface area contributed by atoms with Crippen LogP contribution in [0.25, 0.3) is 0 Å². The molecule has 1 heterocycles. The Morgan fingerprint density at radius 1 is 1.17 bits per heavy atom. The van der Waals surface area contributed by atoms with Gasteiger partial charge in [0.15, 0.2) is 6.04 Å². The van der Waals surface area contributed by atoms with Crippen LogP contribution in [0.2, 0.25) is 0 Å². The Kier molecular flexibility index (Phi) is 6.12. The Morgan fingerprint density at radius 3 is 2.43 bits per heavy atom. The third-order valence-electron chi connectivity index (χ3n) is 4.77. The Hall–Kier alpha value is -1.92. The van der Waals surface area contributed by atoms with Gasteiger partial charge in [0.05, 0.1) is 0 Å². The van der Waals surface area contributed by atoms with Crippen LogP contribution in [0.5, 0.6) is 0 Å². The second-order valence-corrected chi connectivity index (χ2v) is 6.30. The molecule has 126 valence electrons. The fourth-order valence-electron chi connectivity index (χ4n) is 3.08. The van der Waals surface area contributed by atoms with E-state index in [-0.39, 0.29) is 11.9 Å². The number of hydrogen-bond donors (Lipinski definition) is 4. The molecule has 4 N–H and O–H groups in total. The van der Waals surface area contributed by atoms with Crippen LogP contribution < -0.4 is 20.4 Å². The van der Waals surface area contributed by atoms with Crippen molar-refractivity contribution < 1.29 is 19.4 Å².